The van der Waals surface area contributed by atoms with Crippen molar-refractivity contribution >= 4 is 5.97 Å². The van der Waals surface area contributed by atoms with Crippen molar-refractivity contribution in [3.8, 4) is 0 Å². The van der Waals surface area contributed by atoms with Gasteiger partial charge in [0.05, 0.1) is 0 Å². The first-order valence-corrected chi connectivity index (χ1v) is 3.35. The fourth-order valence-electron chi connectivity index (χ4n) is 0.535. The third-order valence-corrected chi connectivity index (χ3v) is 1.53. The molecule has 11 heavy (non-hydrogen) atoms. The lowest BCUT2D eigenvalue weighted by atomic mass is 10.0. The van der Waals surface area contributed by atoms with Crippen LogP contribution in [0.3, 0.4) is 0 Å². The maximum absolute atomic E-state index is 10.1. The summed E-state index contributed by atoms with van der Waals surface area (Å²) < 4.78 is 0. The number of carbonyl (C=O) groups is 1. The van der Waals surface area contributed by atoms with Crippen molar-refractivity contribution < 1.29 is 15.0 Å². The van der Waals surface area contributed by atoms with Gasteiger partial charge in [-0.3, -0.25) is 4.79 Å². The van der Waals surface area contributed by atoms with Gasteiger partial charge in [0.15, 0.2) is 0 Å². The maximum atomic E-state index is 10.1. The predicted octanol–water partition coefficient (Wildman–Crippen LogP) is -1.15. The topological polar surface area (TPSA) is 110 Å². The van der Waals surface area contributed by atoms with Crippen molar-refractivity contribution in [2.24, 2.45) is 11.5 Å². The second kappa shape index (κ2) is 3.66. The van der Waals surface area contributed by atoms with Crippen LogP contribution in [0.4, 0.5) is 0 Å². The van der Waals surface area contributed by atoms with Crippen molar-refractivity contribution in [1.82, 2.24) is 0 Å². The van der Waals surface area contributed by atoms with Crippen LogP contribution < -0.4 is 11.5 Å². The van der Waals surface area contributed by atoms with E-state index in [9.17, 15) is 9.90 Å². The zero-order valence-electron chi connectivity index (χ0n) is 6.45. The summed E-state index contributed by atoms with van der Waals surface area (Å²) in [5.41, 5.74) is 8.99. The predicted molar refractivity (Wildman–Crippen MR) is 39.7 cm³/mol. The highest BCUT2D eigenvalue weighted by Crippen LogP contribution is 2.08. The molecule has 66 valence electrons. The fourth-order valence-corrected chi connectivity index (χ4v) is 0.535. The normalized spacial score (nSPS) is 18.9. The molecule has 0 aromatic heterocycles. The lowest BCUT2D eigenvalue weighted by Crippen LogP contribution is -2.53. The summed E-state index contributed by atoms with van der Waals surface area (Å²) in [5.74, 6) is -0.991. The molecule has 0 unspecified atom stereocenters. The molecule has 2 atom stereocenters. The summed E-state index contributed by atoms with van der Waals surface area (Å²) in [6.07, 6.45) is -0.200. The molecule has 0 aromatic rings. The average Bonchev–Trinajstić information content (AvgIpc) is 1.84. The minimum Gasteiger partial charge on any atom is -0.481 e. The summed E-state index contributed by atoms with van der Waals surface area (Å²) in [7, 11) is 0. The molecule has 0 radical (unpaired) electrons. The largest absolute Gasteiger partial charge is 0.481 e. The smallest absolute Gasteiger partial charge is 0.303 e. The summed E-state index contributed by atoms with van der Waals surface area (Å²) in [5, 5.41) is 17.5. The molecule has 0 aliphatic rings. The molecular formula is C6H14N2O3. The molecule has 0 aliphatic heterocycles. The van der Waals surface area contributed by atoms with E-state index in [-0.39, 0.29) is 12.8 Å². The van der Waals surface area contributed by atoms with E-state index >= 15 is 0 Å². The Bertz CT molecular complexity index is 145. The van der Waals surface area contributed by atoms with Gasteiger partial charge in [0.2, 0.25) is 0 Å². The first-order chi connectivity index (χ1) is 4.86. The average molecular weight is 162 g/mol. The number of rotatable bonds is 4. The van der Waals surface area contributed by atoms with E-state index in [2.05, 4.69) is 0 Å². The number of carboxylic acids is 1. The third-order valence-electron chi connectivity index (χ3n) is 1.53. The van der Waals surface area contributed by atoms with Crippen molar-refractivity contribution in [3.63, 3.8) is 0 Å². The minimum atomic E-state index is -1.57. The summed E-state index contributed by atoms with van der Waals surface area (Å²) in [6.45, 7) is 1.53. The Labute approximate surface area is 65.0 Å². The van der Waals surface area contributed by atoms with Crippen LogP contribution in [0.5, 0.6) is 0 Å². The van der Waals surface area contributed by atoms with E-state index in [1.54, 1.807) is 0 Å². The van der Waals surface area contributed by atoms with E-state index in [1.807, 2.05) is 0 Å². The van der Waals surface area contributed by atoms with E-state index in [0.29, 0.717) is 0 Å². The van der Waals surface area contributed by atoms with Crippen molar-refractivity contribution in [1.29, 1.82) is 0 Å². The fraction of sp³-hybridized carbons (Fsp3) is 0.833. The van der Waals surface area contributed by atoms with Crippen LogP contribution in [-0.4, -0.2) is 27.9 Å². The van der Waals surface area contributed by atoms with Crippen molar-refractivity contribution in [2.75, 3.05) is 0 Å². The van der Waals surface area contributed by atoms with Gasteiger partial charge in [-0.05, 0) is 6.92 Å². The lowest BCUT2D eigenvalue weighted by Gasteiger charge is -2.26. The van der Waals surface area contributed by atoms with E-state index < -0.39 is 17.7 Å². The first kappa shape index (κ1) is 10.3. The summed E-state index contributed by atoms with van der Waals surface area (Å²) in [6, 6.07) is -0.623. The van der Waals surface area contributed by atoms with Crippen LogP contribution in [0.1, 0.15) is 19.8 Å². The van der Waals surface area contributed by atoms with Crippen LogP contribution in [0.25, 0.3) is 0 Å². The number of carboxylic acid groups (broad SMARTS) is 1. The Kier molecular flexibility index (Phi) is 3.44. The Morgan fingerprint density at radius 3 is 2.45 bits per heavy atom. The molecule has 5 heteroatoms. The molecule has 5 nitrogen and oxygen atoms in total. The molecule has 0 saturated heterocycles. The van der Waals surface area contributed by atoms with Crippen LogP contribution >= 0.6 is 0 Å². The second-order valence-corrected chi connectivity index (χ2v) is 2.67. The minimum absolute atomic E-state index is 0.0278. The monoisotopic (exact) mass is 162 g/mol. The molecule has 0 amide bonds. The highest BCUT2D eigenvalue weighted by Gasteiger charge is 2.26. The van der Waals surface area contributed by atoms with Gasteiger partial charge in [0, 0.05) is 18.9 Å². The quantitative estimate of drug-likeness (QED) is 0.390. The zero-order chi connectivity index (χ0) is 9.07. The van der Waals surface area contributed by atoms with Crippen molar-refractivity contribution in [3.05, 3.63) is 0 Å². The molecule has 0 saturated carbocycles. The highest BCUT2D eigenvalue weighted by atomic mass is 16.4. The van der Waals surface area contributed by atoms with Crippen LogP contribution in [0.2, 0.25) is 0 Å². The molecule has 0 heterocycles. The second-order valence-electron chi connectivity index (χ2n) is 2.67. The SMILES string of the molecule is C[C@@H](N)[C@](N)(O)CCC(=O)O. The Balaban J connectivity index is 3.82. The third kappa shape index (κ3) is 3.92. The van der Waals surface area contributed by atoms with Gasteiger partial charge in [-0.15, -0.1) is 0 Å². The first-order valence-electron chi connectivity index (χ1n) is 3.35. The molecule has 0 aromatic carbocycles. The molecule has 0 fully saturated rings. The Morgan fingerprint density at radius 1 is 1.73 bits per heavy atom. The van der Waals surface area contributed by atoms with Crippen LogP contribution in [0.15, 0.2) is 0 Å². The van der Waals surface area contributed by atoms with Gasteiger partial charge in [0.1, 0.15) is 5.72 Å². The lowest BCUT2D eigenvalue weighted by molar-refractivity contribution is -0.138. The van der Waals surface area contributed by atoms with Gasteiger partial charge < -0.3 is 21.7 Å². The summed E-state index contributed by atoms with van der Waals surface area (Å²) >= 11 is 0. The molecule has 6 N–H and O–H groups in total. The van der Waals surface area contributed by atoms with E-state index in [4.69, 9.17) is 16.6 Å². The van der Waals surface area contributed by atoms with Crippen LogP contribution in [0, 0.1) is 0 Å². The van der Waals surface area contributed by atoms with Gasteiger partial charge in [-0.1, -0.05) is 0 Å². The molecule has 0 aliphatic carbocycles. The van der Waals surface area contributed by atoms with Gasteiger partial charge in [-0.25, -0.2) is 0 Å². The molecular weight excluding hydrogens is 148 g/mol. The Hall–Kier alpha value is -0.650. The molecule has 0 bridgehead atoms. The van der Waals surface area contributed by atoms with E-state index in [0.717, 1.165) is 0 Å². The van der Waals surface area contributed by atoms with Crippen molar-refractivity contribution in [2.45, 2.75) is 31.5 Å². The van der Waals surface area contributed by atoms with Gasteiger partial charge >= 0.3 is 5.97 Å². The van der Waals surface area contributed by atoms with Crippen LogP contribution in [-0.2, 0) is 4.79 Å². The molecule has 0 rings (SSSR count). The van der Waals surface area contributed by atoms with E-state index in [1.165, 1.54) is 6.92 Å². The maximum Gasteiger partial charge on any atom is 0.303 e. The highest BCUT2D eigenvalue weighted by molar-refractivity contribution is 5.66. The number of hydrogen-bond donors (Lipinski definition) is 4. The standard InChI is InChI=1S/C6H14N2O3/c1-4(7)6(8,11)3-2-5(9)10/h4,11H,2-3,7-8H2,1H3,(H,9,10)/t4-,6-/m1/s1. The number of aliphatic hydroxyl groups is 1. The van der Waals surface area contributed by atoms with Gasteiger partial charge in [-0.2, -0.15) is 0 Å². The Morgan fingerprint density at radius 2 is 2.18 bits per heavy atom. The zero-order valence-corrected chi connectivity index (χ0v) is 6.45. The molecule has 0 spiro atoms. The number of aliphatic carboxylic acids is 1. The number of hydrogen-bond acceptors (Lipinski definition) is 4. The van der Waals surface area contributed by atoms with Gasteiger partial charge in [0.25, 0.3) is 0 Å². The summed E-state index contributed by atoms with van der Waals surface area (Å²) in [4.78, 5) is 10.1. The number of nitrogens with two attached hydrogens (primary N) is 2.